The molecule has 1 aromatic rings. The van der Waals surface area contributed by atoms with Gasteiger partial charge in [-0.25, -0.2) is 0 Å². The predicted molar refractivity (Wildman–Crippen MR) is 107 cm³/mol. The molecule has 6 nitrogen and oxygen atoms in total. The Hall–Kier alpha value is -2.63. The van der Waals surface area contributed by atoms with E-state index < -0.39 is 0 Å². The highest BCUT2D eigenvalue weighted by Crippen LogP contribution is 2.59. The van der Waals surface area contributed by atoms with E-state index >= 15 is 0 Å². The molecule has 1 heterocycles. The number of hydrogen-bond acceptors (Lipinski definition) is 3. The van der Waals surface area contributed by atoms with Gasteiger partial charge in [0.05, 0.1) is 12.5 Å². The SMILES string of the molecule is CC(C)=C[C@@H]1[C@H](C(=O)NCc2ccc(C(=O)N3CCNC(=O)C3)cc2)C1(C)C. The minimum absolute atomic E-state index is 0.00162. The Labute approximate surface area is 166 Å². The highest BCUT2D eigenvalue weighted by atomic mass is 16.2. The van der Waals surface area contributed by atoms with E-state index in [1.807, 2.05) is 12.1 Å². The topological polar surface area (TPSA) is 78.5 Å². The first-order valence-electron chi connectivity index (χ1n) is 9.78. The molecule has 0 aromatic heterocycles. The van der Waals surface area contributed by atoms with Crippen molar-refractivity contribution in [2.24, 2.45) is 17.3 Å². The van der Waals surface area contributed by atoms with Crippen LogP contribution in [0, 0.1) is 17.3 Å². The van der Waals surface area contributed by atoms with Crippen LogP contribution in [0.2, 0.25) is 0 Å². The van der Waals surface area contributed by atoms with Crippen LogP contribution in [0.1, 0.15) is 43.6 Å². The van der Waals surface area contributed by atoms with Gasteiger partial charge in [0, 0.05) is 25.2 Å². The largest absolute Gasteiger partial charge is 0.353 e. The summed E-state index contributed by atoms with van der Waals surface area (Å²) in [4.78, 5) is 38.0. The Morgan fingerprint density at radius 1 is 1.25 bits per heavy atom. The molecule has 2 N–H and O–H groups in total. The quantitative estimate of drug-likeness (QED) is 0.765. The van der Waals surface area contributed by atoms with Crippen molar-refractivity contribution in [3.05, 3.63) is 47.0 Å². The van der Waals surface area contributed by atoms with E-state index in [4.69, 9.17) is 0 Å². The first-order valence-corrected chi connectivity index (χ1v) is 9.78. The summed E-state index contributed by atoms with van der Waals surface area (Å²) in [5, 5.41) is 5.73. The zero-order valence-corrected chi connectivity index (χ0v) is 17.0. The van der Waals surface area contributed by atoms with Gasteiger partial charge in [-0.1, -0.05) is 37.6 Å². The lowest BCUT2D eigenvalue weighted by Crippen LogP contribution is -2.49. The van der Waals surface area contributed by atoms with Crippen LogP contribution in [0.25, 0.3) is 0 Å². The van der Waals surface area contributed by atoms with Gasteiger partial charge in [0.25, 0.3) is 5.91 Å². The molecule has 150 valence electrons. The summed E-state index contributed by atoms with van der Waals surface area (Å²) in [7, 11) is 0. The van der Waals surface area contributed by atoms with Crippen LogP contribution in [0.3, 0.4) is 0 Å². The molecule has 3 rings (SSSR count). The van der Waals surface area contributed by atoms with Crippen LogP contribution >= 0.6 is 0 Å². The minimum atomic E-state index is -0.144. The second-order valence-electron chi connectivity index (χ2n) is 8.56. The van der Waals surface area contributed by atoms with E-state index in [0.29, 0.717) is 31.1 Å². The molecule has 1 aliphatic carbocycles. The molecule has 3 amide bonds. The van der Waals surface area contributed by atoms with Gasteiger partial charge < -0.3 is 15.5 Å². The van der Waals surface area contributed by atoms with Crippen LogP contribution in [0.15, 0.2) is 35.9 Å². The Kier molecular flexibility index (Phi) is 5.59. The molecule has 0 unspecified atom stereocenters. The number of nitrogens with zero attached hydrogens (tertiary/aromatic N) is 1. The lowest BCUT2D eigenvalue weighted by Gasteiger charge is -2.26. The number of rotatable bonds is 5. The van der Waals surface area contributed by atoms with E-state index in [1.54, 1.807) is 17.0 Å². The molecule has 0 radical (unpaired) electrons. The van der Waals surface area contributed by atoms with E-state index in [9.17, 15) is 14.4 Å². The van der Waals surface area contributed by atoms with E-state index in [2.05, 4.69) is 44.4 Å². The lowest BCUT2D eigenvalue weighted by molar-refractivity contribution is -0.124. The summed E-state index contributed by atoms with van der Waals surface area (Å²) < 4.78 is 0. The second kappa shape index (κ2) is 7.78. The van der Waals surface area contributed by atoms with Crippen molar-refractivity contribution >= 4 is 17.7 Å². The molecule has 2 atom stereocenters. The zero-order chi connectivity index (χ0) is 20.5. The highest BCUT2D eigenvalue weighted by molar-refractivity contribution is 5.97. The van der Waals surface area contributed by atoms with Crippen LogP contribution in [-0.2, 0) is 16.1 Å². The van der Waals surface area contributed by atoms with Gasteiger partial charge in [-0.2, -0.15) is 0 Å². The summed E-state index contributed by atoms with van der Waals surface area (Å²) in [6.45, 7) is 9.91. The minimum Gasteiger partial charge on any atom is -0.353 e. The zero-order valence-electron chi connectivity index (χ0n) is 17.0. The maximum atomic E-state index is 12.6. The molecule has 6 heteroatoms. The molecule has 0 bridgehead atoms. The molecular formula is C22H29N3O3. The van der Waals surface area contributed by atoms with Crippen LogP contribution in [0.4, 0.5) is 0 Å². The van der Waals surface area contributed by atoms with Crippen LogP contribution in [0.5, 0.6) is 0 Å². The monoisotopic (exact) mass is 383 g/mol. The third-order valence-electron chi connectivity index (χ3n) is 5.70. The summed E-state index contributed by atoms with van der Waals surface area (Å²) >= 11 is 0. The predicted octanol–water partition coefficient (Wildman–Crippen LogP) is 2.11. The number of amides is 3. The Balaban J connectivity index is 1.55. The summed E-state index contributed by atoms with van der Waals surface area (Å²) in [5.74, 6) is 0.0998. The van der Waals surface area contributed by atoms with Gasteiger partial charge in [0.1, 0.15) is 0 Å². The van der Waals surface area contributed by atoms with Crippen molar-refractivity contribution in [2.45, 2.75) is 34.2 Å². The Morgan fingerprint density at radius 3 is 2.54 bits per heavy atom. The van der Waals surface area contributed by atoms with Crippen molar-refractivity contribution in [1.29, 1.82) is 0 Å². The molecule has 1 saturated heterocycles. The number of carbonyl (C=O) groups is 3. The molecule has 28 heavy (non-hydrogen) atoms. The number of hydrogen-bond donors (Lipinski definition) is 2. The van der Waals surface area contributed by atoms with Crippen LogP contribution < -0.4 is 10.6 Å². The number of allylic oxidation sites excluding steroid dienone is 2. The van der Waals surface area contributed by atoms with Gasteiger partial charge in [-0.05, 0) is 42.9 Å². The number of benzene rings is 1. The summed E-state index contributed by atoms with van der Waals surface area (Å²) in [6, 6.07) is 7.21. The van der Waals surface area contributed by atoms with E-state index in [0.717, 1.165) is 5.56 Å². The summed E-state index contributed by atoms with van der Waals surface area (Å²) in [6.07, 6.45) is 2.19. The third-order valence-corrected chi connectivity index (χ3v) is 5.70. The average Bonchev–Trinajstić information content (AvgIpc) is 3.18. The molecular weight excluding hydrogens is 354 g/mol. The Morgan fingerprint density at radius 2 is 1.93 bits per heavy atom. The standard InChI is InChI=1S/C22H29N3O3/c1-14(2)11-17-19(22(17,3)4)20(27)24-12-15-5-7-16(8-6-15)21(28)25-10-9-23-18(26)13-25/h5-8,11,17,19H,9-10,12-13H2,1-4H3,(H,23,26)(H,24,27)/t17-,19-/m1/s1. The molecule has 2 fully saturated rings. The normalized spacial score (nSPS) is 22.9. The maximum absolute atomic E-state index is 12.6. The van der Waals surface area contributed by atoms with Gasteiger partial charge >= 0.3 is 0 Å². The van der Waals surface area contributed by atoms with Crippen molar-refractivity contribution in [3.8, 4) is 0 Å². The fraction of sp³-hybridized carbons (Fsp3) is 0.500. The Bertz CT molecular complexity index is 807. The molecule has 1 aliphatic heterocycles. The van der Waals surface area contributed by atoms with Crippen LogP contribution in [-0.4, -0.2) is 42.3 Å². The lowest BCUT2D eigenvalue weighted by atomic mass is 10.1. The van der Waals surface area contributed by atoms with E-state index in [-0.39, 0.29) is 35.6 Å². The fourth-order valence-corrected chi connectivity index (χ4v) is 3.91. The number of piperazine rings is 1. The smallest absolute Gasteiger partial charge is 0.254 e. The van der Waals surface area contributed by atoms with Gasteiger partial charge in [-0.3, -0.25) is 14.4 Å². The molecule has 1 saturated carbocycles. The third kappa shape index (κ3) is 4.26. The van der Waals surface area contributed by atoms with Crippen molar-refractivity contribution in [2.75, 3.05) is 19.6 Å². The molecule has 2 aliphatic rings. The maximum Gasteiger partial charge on any atom is 0.254 e. The van der Waals surface area contributed by atoms with Crippen molar-refractivity contribution in [1.82, 2.24) is 15.5 Å². The van der Waals surface area contributed by atoms with Crippen molar-refractivity contribution in [3.63, 3.8) is 0 Å². The van der Waals surface area contributed by atoms with Gasteiger partial charge in [0.15, 0.2) is 0 Å². The number of carbonyl (C=O) groups excluding carboxylic acids is 3. The van der Waals surface area contributed by atoms with Gasteiger partial charge in [-0.15, -0.1) is 0 Å². The summed E-state index contributed by atoms with van der Waals surface area (Å²) in [5.41, 5.74) is 2.73. The first kappa shape index (κ1) is 20.1. The average molecular weight is 383 g/mol. The second-order valence-corrected chi connectivity index (χ2v) is 8.56. The molecule has 1 aromatic carbocycles. The number of nitrogens with one attached hydrogen (secondary N) is 2. The van der Waals surface area contributed by atoms with Gasteiger partial charge in [0.2, 0.25) is 11.8 Å². The van der Waals surface area contributed by atoms with E-state index in [1.165, 1.54) is 5.57 Å². The molecule has 0 spiro atoms. The van der Waals surface area contributed by atoms with Crippen molar-refractivity contribution < 1.29 is 14.4 Å². The fourth-order valence-electron chi connectivity index (χ4n) is 3.91. The first-order chi connectivity index (χ1) is 13.2. The highest BCUT2D eigenvalue weighted by Gasteiger charge is 2.60.